The maximum absolute atomic E-state index is 13.7. The maximum atomic E-state index is 13.7. The fraction of sp³-hybridized carbons (Fsp3) is 0.259. The second kappa shape index (κ2) is 9.87. The molecule has 2 unspecified atom stereocenters. The molecule has 2 aromatic carbocycles. The van der Waals surface area contributed by atoms with Gasteiger partial charge < -0.3 is 10.1 Å². The summed E-state index contributed by atoms with van der Waals surface area (Å²) in [6.45, 7) is 1.91. The van der Waals surface area contributed by atoms with Crippen LogP contribution in [-0.4, -0.2) is 49.4 Å². The summed E-state index contributed by atoms with van der Waals surface area (Å²) in [5, 5.41) is 2.77. The Balaban J connectivity index is 1.45. The minimum absolute atomic E-state index is 0.0362. The molecule has 1 saturated heterocycles. The van der Waals surface area contributed by atoms with Crippen molar-refractivity contribution in [1.82, 2.24) is 10.3 Å². The van der Waals surface area contributed by atoms with Crippen LogP contribution >= 0.6 is 0 Å². The molecule has 10 nitrogen and oxygen atoms in total. The van der Waals surface area contributed by atoms with Crippen molar-refractivity contribution in [2.45, 2.75) is 35.8 Å². The van der Waals surface area contributed by atoms with Crippen LogP contribution in [0.15, 0.2) is 71.9 Å². The van der Waals surface area contributed by atoms with Crippen LogP contribution in [0.4, 0.5) is 29.3 Å². The first-order valence-electron chi connectivity index (χ1n) is 12.3. The van der Waals surface area contributed by atoms with E-state index in [1.165, 1.54) is 30.5 Å². The topological polar surface area (TPSA) is 126 Å². The Bertz CT molecular complexity index is 1640. The SMILES string of the molecule is COc1ccc(CNC(=O)c2cnccc2N2C(=O)N(c3ccc(S(=O)(=O)C(F)(F)F)cc3)C(=O)C23CC3C)cc1. The van der Waals surface area contributed by atoms with E-state index in [0.29, 0.717) is 17.9 Å². The lowest BCUT2D eigenvalue weighted by Crippen LogP contribution is -2.40. The Morgan fingerprint density at radius 2 is 1.73 bits per heavy atom. The third-order valence-electron chi connectivity index (χ3n) is 7.23. The number of nitrogens with one attached hydrogen (secondary N) is 1. The summed E-state index contributed by atoms with van der Waals surface area (Å²) >= 11 is 0. The molecule has 3 aromatic rings. The molecular formula is C27H23F3N4O6S. The van der Waals surface area contributed by atoms with E-state index in [-0.39, 0.29) is 35.8 Å². The van der Waals surface area contributed by atoms with Crippen LogP contribution in [0.1, 0.15) is 29.3 Å². The predicted molar refractivity (Wildman–Crippen MR) is 140 cm³/mol. The minimum atomic E-state index is -5.62. The number of hydrogen-bond acceptors (Lipinski definition) is 7. The van der Waals surface area contributed by atoms with E-state index in [9.17, 15) is 36.0 Å². The summed E-state index contributed by atoms with van der Waals surface area (Å²) in [4.78, 5) is 45.6. The minimum Gasteiger partial charge on any atom is -0.497 e. The second-order valence-electron chi connectivity index (χ2n) is 9.65. The number of aromatic nitrogens is 1. The van der Waals surface area contributed by atoms with Crippen LogP contribution in [0.3, 0.4) is 0 Å². The number of hydrogen-bond donors (Lipinski definition) is 1. The van der Waals surface area contributed by atoms with Crippen molar-refractivity contribution in [3.05, 3.63) is 78.1 Å². The third-order valence-corrected chi connectivity index (χ3v) is 8.74. The first kappa shape index (κ1) is 28.1. The van der Waals surface area contributed by atoms with Crippen LogP contribution in [-0.2, 0) is 21.2 Å². The number of carbonyl (C=O) groups excluding carboxylic acids is 3. The average Bonchev–Trinajstić information content (AvgIpc) is 3.56. The molecule has 2 fully saturated rings. The van der Waals surface area contributed by atoms with E-state index in [0.717, 1.165) is 22.6 Å². The Hall–Kier alpha value is -4.46. The lowest BCUT2D eigenvalue weighted by Gasteiger charge is -2.24. The zero-order chi connectivity index (χ0) is 29.7. The third kappa shape index (κ3) is 4.57. The lowest BCUT2D eigenvalue weighted by atomic mass is 10.1. The van der Waals surface area contributed by atoms with Crippen LogP contribution in [0, 0.1) is 5.92 Å². The molecule has 41 heavy (non-hydrogen) atoms. The molecule has 1 saturated carbocycles. The van der Waals surface area contributed by atoms with Crippen molar-refractivity contribution in [3.8, 4) is 5.75 Å². The largest absolute Gasteiger partial charge is 0.501 e. The van der Waals surface area contributed by atoms with Gasteiger partial charge in [0.1, 0.15) is 11.3 Å². The Labute approximate surface area is 232 Å². The number of methoxy groups -OCH3 is 1. The number of alkyl halides is 3. The fourth-order valence-electron chi connectivity index (χ4n) is 4.90. The zero-order valence-corrected chi connectivity index (χ0v) is 22.5. The molecule has 1 aliphatic carbocycles. The van der Waals surface area contributed by atoms with Crippen LogP contribution in [0.5, 0.6) is 5.75 Å². The molecule has 1 aromatic heterocycles. The molecular weight excluding hydrogens is 565 g/mol. The van der Waals surface area contributed by atoms with E-state index in [1.54, 1.807) is 31.2 Å². The van der Waals surface area contributed by atoms with Gasteiger partial charge in [-0.1, -0.05) is 19.1 Å². The van der Waals surface area contributed by atoms with Gasteiger partial charge in [0, 0.05) is 18.9 Å². The molecule has 2 heterocycles. The summed E-state index contributed by atoms with van der Waals surface area (Å²) in [6, 6.07) is 10.9. The van der Waals surface area contributed by atoms with Crippen LogP contribution in [0.25, 0.3) is 0 Å². The van der Waals surface area contributed by atoms with Crippen molar-refractivity contribution in [3.63, 3.8) is 0 Å². The molecule has 2 atom stereocenters. The van der Waals surface area contributed by atoms with E-state index in [2.05, 4.69) is 10.3 Å². The molecule has 4 amide bonds. The van der Waals surface area contributed by atoms with Crippen molar-refractivity contribution < 1.29 is 40.7 Å². The van der Waals surface area contributed by atoms with Crippen molar-refractivity contribution in [2.24, 2.45) is 5.92 Å². The van der Waals surface area contributed by atoms with Gasteiger partial charge >= 0.3 is 11.5 Å². The molecule has 1 aliphatic heterocycles. The highest BCUT2D eigenvalue weighted by Gasteiger charge is 2.71. The number of rotatable bonds is 7. The van der Waals surface area contributed by atoms with Crippen LogP contribution in [0.2, 0.25) is 0 Å². The van der Waals surface area contributed by atoms with Gasteiger partial charge in [0.2, 0.25) is 0 Å². The van der Waals surface area contributed by atoms with Gasteiger partial charge in [0.15, 0.2) is 0 Å². The van der Waals surface area contributed by atoms with Gasteiger partial charge in [-0.15, -0.1) is 0 Å². The highest BCUT2D eigenvalue weighted by atomic mass is 32.2. The number of benzene rings is 2. The van der Waals surface area contributed by atoms with E-state index < -0.39 is 43.6 Å². The van der Waals surface area contributed by atoms with Gasteiger partial charge in [0.05, 0.1) is 28.9 Å². The standard InChI is InChI=1S/C27H23F3N4O6S/c1-16-13-26(16)24(36)33(18-5-9-20(10-6-18)41(38,39)27(28,29)30)25(37)34(26)22-11-12-31-15-21(22)23(35)32-14-17-3-7-19(40-2)8-4-17/h3-12,15-16H,13-14H2,1-2H3,(H,32,35). The number of halogens is 3. The van der Waals surface area contributed by atoms with Crippen molar-refractivity contribution in [1.29, 1.82) is 0 Å². The lowest BCUT2D eigenvalue weighted by molar-refractivity contribution is -0.119. The zero-order valence-electron chi connectivity index (χ0n) is 21.7. The van der Waals surface area contributed by atoms with Gasteiger partial charge in [-0.3, -0.25) is 19.5 Å². The maximum Gasteiger partial charge on any atom is 0.501 e. The molecule has 1 N–H and O–H groups in total. The normalized spacial score (nSPS) is 20.5. The summed E-state index contributed by atoms with van der Waals surface area (Å²) in [5.41, 5.74) is -5.99. The van der Waals surface area contributed by atoms with E-state index >= 15 is 0 Å². The highest BCUT2D eigenvalue weighted by Crippen LogP contribution is 2.56. The number of imide groups is 1. The average molecular weight is 589 g/mol. The van der Waals surface area contributed by atoms with Crippen molar-refractivity contribution >= 4 is 39.1 Å². The molecule has 14 heteroatoms. The Morgan fingerprint density at radius 3 is 2.29 bits per heavy atom. The molecule has 0 radical (unpaired) electrons. The number of amides is 4. The summed E-state index contributed by atoms with van der Waals surface area (Å²) in [6.07, 6.45) is 2.92. The van der Waals surface area contributed by atoms with Gasteiger partial charge in [-0.25, -0.2) is 18.1 Å². The Morgan fingerprint density at radius 1 is 1.10 bits per heavy atom. The monoisotopic (exact) mass is 588 g/mol. The number of carbonyl (C=O) groups is 3. The molecule has 5 rings (SSSR count). The number of pyridine rings is 1. The summed E-state index contributed by atoms with van der Waals surface area (Å²) in [7, 11) is -4.08. The van der Waals surface area contributed by atoms with Crippen molar-refractivity contribution in [2.75, 3.05) is 16.9 Å². The first-order valence-corrected chi connectivity index (χ1v) is 13.8. The molecule has 0 bridgehead atoms. The second-order valence-corrected chi connectivity index (χ2v) is 11.6. The quantitative estimate of drug-likeness (QED) is 0.413. The van der Waals surface area contributed by atoms with Gasteiger partial charge in [0.25, 0.3) is 21.7 Å². The number of sulfone groups is 1. The van der Waals surface area contributed by atoms with Gasteiger partial charge in [-0.2, -0.15) is 13.2 Å². The van der Waals surface area contributed by atoms with E-state index in [1.807, 2.05) is 0 Å². The van der Waals surface area contributed by atoms with Crippen LogP contribution < -0.4 is 19.9 Å². The first-order chi connectivity index (χ1) is 19.3. The number of ether oxygens (including phenoxy) is 1. The molecule has 1 spiro atoms. The molecule has 2 aliphatic rings. The number of urea groups is 1. The smallest absolute Gasteiger partial charge is 0.497 e. The Kier molecular flexibility index (Phi) is 6.76. The fourth-order valence-corrected chi connectivity index (χ4v) is 5.66. The molecule has 214 valence electrons. The number of anilines is 2. The highest BCUT2D eigenvalue weighted by molar-refractivity contribution is 7.92. The number of nitrogens with zero attached hydrogens (tertiary/aromatic N) is 3. The summed E-state index contributed by atoms with van der Waals surface area (Å²) < 4.78 is 67.5. The summed E-state index contributed by atoms with van der Waals surface area (Å²) in [5.74, 6) is -0.829. The van der Waals surface area contributed by atoms with Gasteiger partial charge in [-0.05, 0) is 60.4 Å². The van der Waals surface area contributed by atoms with E-state index in [4.69, 9.17) is 4.74 Å². The predicted octanol–water partition coefficient (Wildman–Crippen LogP) is 4.07.